The third kappa shape index (κ3) is 3.55. The number of benzene rings is 3. The first-order valence-electron chi connectivity index (χ1n) is 8.85. The van der Waals surface area contributed by atoms with Crippen LogP contribution in [0.1, 0.15) is 15.9 Å². The molecule has 4 nitrogen and oxygen atoms in total. The van der Waals surface area contributed by atoms with Crippen molar-refractivity contribution in [2.24, 2.45) is 0 Å². The zero-order chi connectivity index (χ0) is 19.5. The van der Waals surface area contributed by atoms with Crippen LogP contribution in [-0.2, 0) is 6.54 Å². The Bertz CT molecular complexity index is 1190. The summed E-state index contributed by atoms with van der Waals surface area (Å²) >= 11 is 0. The van der Waals surface area contributed by atoms with Crippen molar-refractivity contribution >= 4 is 22.5 Å². The average Bonchev–Trinajstić information content (AvgIpc) is 2.72. The van der Waals surface area contributed by atoms with Gasteiger partial charge in [0.25, 0.3) is 11.5 Å². The number of hydrogen-bond acceptors (Lipinski definition) is 2. The van der Waals surface area contributed by atoms with Crippen LogP contribution in [0.15, 0.2) is 89.7 Å². The molecule has 1 N–H and O–H groups in total. The molecular formula is C23H17FN2O2. The van der Waals surface area contributed by atoms with Gasteiger partial charge in [0.1, 0.15) is 11.4 Å². The molecule has 4 rings (SSSR count). The standard InChI is InChI=1S/C23H17FN2O2/c24-18-12-11-17-13-20(22(27)25-21(17)14-18)23(28)26(19-9-5-2-6-10-19)15-16-7-3-1-4-8-16/h1-14H,15H2,(H,25,27). The van der Waals surface area contributed by atoms with Crippen LogP contribution in [0.2, 0.25) is 0 Å². The molecule has 0 aliphatic carbocycles. The van der Waals surface area contributed by atoms with Crippen molar-refractivity contribution in [1.82, 2.24) is 4.98 Å². The van der Waals surface area contributed by atoms with E-state index in [0.29, 0.717) is 23.1 Å². The van der Waals surface area contributed by atoms with Crippen molar-refractivity contribution in [2.45, 2.75) is 6.54 Å². The summed E-state index contributed by atoms with van der Waals surface area (Å²) in [4.78, 5) is 30.0. The van der Waals surface area contributed by atoms with Crippen molar-refractivity contribution in [3.63, 3.8) is 0 Å². The lowest BCUT2D eigenvalue weighted by atomic mass is 10.1. The van der Waals surface area contributed by atoms with Gasteiger partial charge in [0.15, 0.2) is 0 Å². The molecule has 1 aromatic heterocycles. The summed E-state index contributed by atoms with van der Waals surface area (Å²) in [5, 5.41) is 0.595. The van der Waals surface area contributed by atoms with E-state index in [0.717, 1.165) is 5.56 Å². The van der Waals surface area contributed by atoms with Gasteiger partial charge in [-0.2, -0.15) is 0 Å². The van der Waals surface area contributed by atoms with E-state index in [4.69, 9.17) is 0 Å². The minimum Gasteiger partial charge on any atom is -0.321 e. The first-order chi connectivity index (χ1) is 13.6. The van der Waals surface area contributed by atoms with Crippen LogP contribution in [0.4, 0.5) is 10.1 Å². The van der Waals surface area contributed by atoms with Gasteiger partial charge in [-0.1, -0.05) is 48.5 Å². The molecule has 0 aliphatic heterocycles. The molecule has 0 atom stereocenters. The van der Waals surface area contributed by atoms with Gasteiger partial charge < -0.3 is 9.88 Å². The molecule has 3 aromatic carbocycles. The summed E-state index contributed by atoms with van der Waals surface area (Å²) in [7, 11) is 0. The van der Waals surface area contributed by atoms with E-state index in [1.165, 1.54) is 18.2 Å². The summed E-state index contributed by atoms with van der Waals surface area (Å²) < 4.78 is 13.4. The third-order valence-electron chi connectivity index (χ3n) is 4.53. The number of para-hydroxylation sites is 1. The number of nitrogens with one attached hydrogen (secondary N) is 1. The number of H-pyrrole nitrogens is 1. The number of carbonyl (C=O) groups excluding carboxylic acids is 1. The lowest BCUT2D eigenvalue weighted by molar-refractivity contribution is 0.0984. The van der Waals surface area contributed by atoms with Crippen molar-refractivity contribution in [3.05, 3.63) is 112 Å². The highest BCUT2D eigenvalue weighted by molar-refractivity contribution is 6.07. The molecule has 4 aromatic rings. The van der Waals surface area contributed by atoms with E-state index in [1.807, 2.05) is 60.7 Å². The average molecular weight is 372 g/mol. The van der Waals surface area contributed by atoms with Gasteiger partial charge in [0, 0.05) is 5.69 Å². The quantitative estimate of drug-likeness (QED) is 0.573. The summed E-state index contributed by atoms with van der Waals surface area (Å²) in [6, 6.07) is 24.4. The Labute approximate surface area is 160 Å². The number of anilines is 1. The number of carbonyl (C=O) groups is 1. The minimum absolute atomic E-state index is 0.0129. The van der Waals surface area contributed by atoms with Gasteiger partial charge in [-0.05, 0) is 47.3 Å². The van der Waals surface area contributed by atoms with Crippen LogP contribution in [0.5, 0.6) is 0 Å². The number of amides is 1. The molecule has 0 unspecified atom stereocenters. The number of pyridine rings is 1. The van der Waals surface area contributed by atoms with E-state index in [-0.39, 0.29) is 5.56 Å². The van der Waals surface area contributed by atoms with E-state index < -0.39 is 17.3 Å². The van der Waals surface area contributed by atoms with Crippen LogP contribution in [0, 0.1) is 5.82 Å². The SMILES string of the molecule is O=C(c1cc2ccc(F)cc2[nH]c1=O)N(Cc1ccccc1)c1ccccc1. The second-order valence-corrected chi connectivity index (χ2v) is 6.46. The van der Waals surface area contributed by atoms with Crippen molar-refractivity contribution < 1.29 is 9.18 Å². The molecule has 0 spiro atoms. The Hall–Kier alpha value is -3.73. The molecule has 0 saturated carbocycles. The normalized spacial score (nSPS) is 10.8. The van der Waals surface area contributed by atoms with Crippen LogP contribution < -0.4 is 10.5 Å². The van der Waals surface area contributed by atoms with Crippen LogP contribution in [0.25, 0.3) is 10.9 Å². The number of hydrogen-bond donors (Lipinski definition) is 1. The smallest absolute Gasteiger partial charge is 0.264 e. The molecule has 0 fully saturated rings. The monoisotopic (exact) mass is 372 g/mol. The first-order valence-corrected chi connectivity index (χ1v) is 8.85. The number of aromatic nitrogens is 1. The summed E-state index contributed by atoms with van der Waals surface area (Å²) in [6.45, 7) is 0.324. The second kappa shape index (κ2) is 7.48. The lowest BCUT2D eigenvalue weighted by Crippen LogP contribution is -2.34. The predicted octanol–water partition coefficient (Wildman–Crippen LogP) is 4.51. The number of aromatic amines is 1. The highest BCUT2D eigenvalue weighted by Gasteiger charge is 2.21. The topological polar surface area (TPSA) is 53.2 Å². The largest absolute Gasteiger partial charge is 0.321 e. The fraction of sp³-hybridized carbons (Fsp3) is 0.0435. The molecule has 5 heteroatoms. The van der Waals surface area contributed by atoms with Gasteiger partial charge in [-0.15, -0.1) is 0 Å². The van der Waals surface area contributed by atoms with Crippen LogP contribution in [-0.4, -0.2) is 10.9 Å². The van der Waals surface area contributed by atoms with E-state index in [1.54, 1.807) is 11.0 Å². The van der Waals surface area contributed by atoms with Crippen molar-refractivity contribution in [3.8, 4) is 0 Å². The van der Waals surface area contributed by atoms with E-state index in [2.05, 4.69) is 4.98 Å². The van der Waals surface area contributed by atoms with Gasteiger partial charge in [-0.25, -0.2) is 4.39 Å². The lowest BCUT2D eigenvalue weighted by Gasteiger charge is -2.23. The Morgan fingerprint density at radius 2 is 1.57 bits per heavy atom. The Balaban J connectivity index is 1.79. The molecular weight excluding hydrogens is 355 g/mol. The van der Waals surface area contributed by atoms with Gasteiger partial charge in [-0.3, -0.25) is 9.59 Å². The fourth-order valence-corrected chi connectivity index (χ4v) is 3.13. The number of nitrogens with zero attached hydrogens (tertiary/aromatic N) is 1. The maximum Gasteiger partial charge on any atom is 0.264 e. The first kappa shape index (κ1) is 17.7. The second-order valence-electron chi connectivity index (χ2n) is 6.46. The molecule has 138 valence electrons. The van der Waals surface area contributed by atoms with Crippen LogP contribution in [0.3, 0.4) is 0 Å². The molecule has 1 amide bonds. The zero-order valence-corrected chi connectivity index (χ0v) is 14.9. The summed E-state index contributed by atoms with van der Waals surface area (Å²) in [6.07, 6.45) is 0. The number of rotatable bonds is 4. The molecule has 28 heavy (non-hydrogen) atoms. The zero-order valence-electron chi connectivity index (χ0n) is 14.9. The maximum atomic E-state index is 13.4. The fourth-order valence-electron chi connectivity index (χ4n) is 3.13. The van der Waals surface area contributed by atoms with Crippen molar-refractivity contribution in [1.29, 1.82) is 0 Å². The van der Waals surface area contributed by atoms with Gasteiger partial charge >= 0.3 is 0 Å². The van der Waals surface area contributed by atoms with E-state index >= 15 is 0 Å². The van der Waals surface area contributed by atoms with Crippen LogP contribution >= 0.6 is 0 Å². The molecule has 0 aliphatic rings. The minimum atomic E-state index is -0.544. The summed E-state index contributed by atoms with van der Waals surface area (Å²) in [5.74, 6) is -0.861. The highest BCUT2D eigenvalue weighted by Crippen LogP contribution is 2.20. The van der Waals surface area contributed by atoms with E-state index in [9.17, 15) is 14.0 Å². The molecule has 1 heterocycles. The Kier molecular flexibility index (Phi) is 4.72. The molecule has 0 saturated heterocycles. The number of halogens is 1. The molecule has 0 bridgehead atoms. The maximum absolute atomic E-state index is 13.4. The molecule has 0 radical (unpaired) electrons. The summed E-state index contributed by atoms with van der Waals surface area (Å²) in [5.41, 5.74) is 1.46. The third-order valence-corrected chi connectivity index (χ3v) is 4.53. The van der Waals surface area contributed by atoms with Crippen molar-refractivity contribution in [2.75, 3.05) is 4.90 Å². The number of fused-ring (bicyclic) bond motifs is 1. The van der Waals surface area contributed by atoms with Gasteiger partial charge in [0.05, 0.1) is 12.1 Å². The Morgan fingerprint density at radius 3 is 2.29 bits per heavy atom. The highest BCUT2D eigenvalue weighted by atomic mass is 19.1. The predicted molar refractivity (Wildman–Crippen MR) is 108 cm³/mol. The Morgan fingerprint density at radius 1 is 0.893 bits per heavy atom. The van der Waals surface area contributed by atoms with Gasteiger partial charge in [0.2, 0.25) is 0 Å².